The average Bonchev–Trinajstić information content (AvgIpc) is 2.38. The Balaban J connectivity index is 2.04. The Labute approximate surface area is 111 Å². The number of halogens is 1. The van der Waals surface area contributed by atoms with Crippen molar-refractivity contribution in [2.24, 2.45) is 5.73 Å². The Morgan fingerprint density at radius 1 is 0.824 bits per heavy atom. The van der Waals surface area contributed by atoms with Gasteiger partial charge >= 0.3 is 0 Å². The van der Waals surface area contributed by atoms with Crippen molar-refractivity contribution in [3.05, 3.63) is 69.7 Å². The number of benzene rings is 2. The van der Waals surface area contributed by atoms with E-state index in [0.29, 0.717) is 6.54 Å². The van der Waals surface area contributed by atoms with Gasteiger partial charge in [-0.25, -0.2) is 0 Å². The van der Waals surface area contributed by atoms with Crippen LogP contribution < -0.4 is 5.73 Å². The number of hydrogen-bond acceptors (Lipinski definition) is 1. The van der Waals surface area contributed by atoms with Crippen LogP contribution in [-0.4, -0.2) is 0 Å². The fourth-order valence-electron chi connectivity index (χ4n) is 1.93. The van der Waals surface area contributed by atoms with E-state index in [-0.39, 0.29) is 0 Å². The first-order valence-electron chi connectivity index (χ1n) is 5.81. The highest BCUT2D eigenvalue weighted by Gasteiger charge is 2.00. The molecule has 2 heteroatoms. The first kappa shape index (κ1) is 12.3. The van der Waals surface area contributed by atoms with Crippen molar-refractivity contribution in [1.29, 1.82) is 0 Å². The van der Waals surface area contributed by atoms with Gasteiger partial charge in [-0.15, -0.1) is 0 Å². The topological polar surface area (TPSA) is 26.0 Å². The van der Waals surface area contributed by atoms with Crippen LogP contribution >= 0.6 is 15.9 Å². The summed E-state index contributed by atoms with van der Waals surface area (Å²) < 4.78 is 1.13. The minimum atomic E-state index is 0.622. The van der Waals surface area contributed by atoms with E-state index in [0.717, 1.165) is 17.3 Å². The smallest absolute Gasteiger partial charge is 0.0180 e. The van der Waals surface area contributed by atoms with Crippen molar-refractivity contribution in [2.45, 2.75) is 19.4 Å². The van der Waals surface area contributed by atoms with Gasteiger partial charge in [-0.3, -0.25) is 0 Å². The van der Waals surface area contributed by atoms with Crippen LogP contribution in [0.15, 0.2) is 53.0 Å². The summed E-state index contributed by atoms with van der Waals surface area (Å²) in [7, 11) is 0. The van der Waals surface area contributed by atoms with Crippen molar-refractivity contribution >= 4 is 15.9 Å². The molecule has 2 aromatic rings. The van der Waals surface area contributed by atoms with Gasteiger partial charge in [0.2, 0.25) is 0 Å². The van der Waals surface area contributed by atoms with Crippen LogP contribution in [0.3, 0.4) is 0 Å². The Bertz CT molecular complexity index is 477. The third-order valence-electron chi connectivity index (χ3n) is 2.93. The van der Waals surface area contributed by atoms with E-state index in [4.69, 9.17) is 5.73 Å². The second kappa shape index (κ2) is 5.99. The molecular weight excluding hydrogens is 274 g/mol. The van der Waals surface area contributed by atoms with Gasteiger partial charge in [-0.1, -0.05) is 52.3 Å². The zero-order chi connectivity index (χ0) is 12.1. The molecule has 0 atom stereocenters. The summed E-state index contributed by atoms with van der Waals surface area (Å²) in [5.74, 6) is 0. The second-order valence-electron chi connectivity index (χ2n) is 4.10. The van der Waals surface area contributed by atoms with Gasteiger partial charge in [-0.05, 0) is 41.7 Å². The Hall–Kier alpha value is -1.12. The SMILES string of the molecule is NCc1ccccc1CCc1ccc(Br)cc1. The van der Waals surface area contributed by atoms with Crippen molar-refractivity contribution in [3.8, 4) is 0 Å². The number of rotatable bonds is 4. The van der Waals surface area contributed by atoms with E-state index in [1.807, 2.05) is 6.07 Å². The first-order chi connectivity index (χ1) is 8.29. The number of aryl methyl sites for hydroxylation is 2. The maximum Gasteiger partial charge on any atom is 0.0180 e. The molecule has 0 saturated carbocycles. The van der Waals surface area contributed by atoms with Crippen LogP contribution in [0.2, 0.25) is 0 Å². The van der Waals surface area contributed by atoms with Gasteiger partial charge in [0.05, 0.1) is 0 Å². The minimum absolute atomic E-state index is 0.622. The Morgan fingerprint density at radius 2 is 1.47 bits per heavy atom. The van der Waals surface area contributed by atoms with Gasteiger partial charge < -0.3 is 5.73 Å². The largest absolute Gasteiger partial charge is 0.326 e. The average molecular weight is 290 g/mol. The third-order valence-corrected chi connectivity index (χ3v) is 3.46. The standard InChI is InChI=1S/C15H16BrN/c16-15-9-6-12(7-10-15)5-8-13-3-1-2-4-14(13)11-17/h1-4,6-7,9-10H,5,8,11,17H2. The Morgan fingerprint density at radius 3 is 2.12 bits per heavy atom. The van der Waals surface area contributed by atoms with Crippen LogP contribution in [0.1, 0.15) is 16.7 Å². The summed E-state index contributed by atoms with van der Waals surface area (Å²) >= 11 is 3.45. The van der Waals surface area contributed by atoms with Crippen molar-refractivity contribution < 1.29 is 0 Å². The fraction of sp³-hybridized carbons (Fsp3) is 0.200. The maximum absolute atomic E-state index is 5.73. The molecule has 0 bridgehead atoms. The fourth-order valence-corrected chi connectivity index (χ4v) is 2.19. The lowest BCUT2D eigenvalue weighted by Crippen LogP contribution is -2.02. The lowest BCUT2D eigenvalue weighted by molar-refractivity contribution is 0.921. The predicted octanol–water partition coefficient (Wildman–Crippen LogP) is 3.69. The lowest BCUT2D eigenvalue weighted by Gasteiger charge is -2.07. The van der Waals surface area contributed by atoms with Crippen molar-refractivity contribution in [3.63, 3.8) is 0 Å². The van der Waals surface area contributed by atoms with E-state index >= 15 is 0 Å². The highest BCUT2D eigenvalue weighted by molar-refractivity contribution is 9.10. The van der Waals surface area contributed by atoms with Crippen molar-refractivity contribution in [2.75, 3.05) is 0 Å². The van der Waals surface area contributed by atoms with Gasteiger partial charge in [-0.2, -0.15) is 0 Å². The third kappa shape index (κ3) is 3.42. The zero-order valence-corrected chi connectivity index (χ0v) is 11.3. The molecule has 2 N–H and O–H groups in total. The van der Waals surface area contributed by atoms with E-state index in [9.17, 15) is 0 Å². The molecule has 0 aliphatic rings. The van der Waals surface area contributed by atoms with E-state index in [1.54, 1.807) is 0 Å². The quantitative estimate of drug-likeness (QED) is 0.913. The monoisotopic (exact) mass is 289 g/mol. The summed E-state index contributed by atoms with van der Waals surface area (Å²) in [5.41, 5.74) is 9.71. The lowest BCUT2D eigenvalue weighted by atomic mass is 10.00. The molecule has 0 amide bonds. The van der Waals surface area contributed by atoms with E-state index in [2.05, 4.69) is 58.4 Å². The van der Waals surface area contributed by atoms with Gasteiger partial charge in [0, 0.05) is 11.0 Å². The molecule has 0 aliphatic carbocycles. The first-order valence-corrected chi connectivity index (χ1v) is 6.60. The van der Waals surface area contributed by atoms with Crippen molar-refractivity contribution in [1.82, 2.24) is 0 Å². The summed E-state index contributed by atoms with van der Waals surface area (Å²) in [6.07, 6.45) is 2.11. The summed E-state index contributed by atoms with van der Waals surface area (Å²) in [5, 5.41) is 0. The second-order valence-corrected chi connectivity index (χ2v) is 5.01. The molecule has 1 nitrogen and oxygen atoms in total. The molecule has 0 unspecified atom stereocenters. The van der Waals surface area contributed by atoms with Gasteiger partial charge in [0.25, 0.3) is 0 Å². The molecule has 88 valence electrons. The molecule has 0 spiro atoms. The highest BCUT2D eigenvalue weighted by Crippen LogP contribution is 2.14. The zero-order valence-electron chi connectivity index (χ0n) is 9.70. The maximum atomic E-state index is 5.73. The van der Waals surface area contributed by atoms with Gasteiger partial charge in [0.15, 0.2) is 0 Å². The predicted molar refractivity (Wildman–Crippen MR) is 75.9 cm³/mol. The summed E-state index contributed by atoms with van der Waals surface area (Å²) in [4.78, 5) is 0. The van der Waals surface area contributed by atoms with Crippen LogP contribution in [0.5, 0.6) is 0 Å². The molecule has 2 aromatic carbocycles. The molecule has 0 fully saturated rings. The molecular formula is C15H16BrN. The molecule has 17 heavy (non-hydrogen) atoms. The van der Waals surface area contributed by atoms with Crippen LogP contribution in [0.25, 0.3) is 0 Å². The number of hydrogen-bond donors (Lipinski definition) is 1. The molecule has 0 aromatic heterocycles. The summed E-state index contributed by atoms with van der Waals surface area (Å²) in [6.45, 7) is 0.622. The Kier molecular flexibility index (Phi) is 4.35. The summed E-state index contributed by atoms with van der Waals surface area (Å²) in [6, 6.07) is 16.9. The van der Waals surface area contributed by atoms with Crippen LogP contribution in [0.4, 0.5) is 0 Å². The normalized spacial score (nSPS) is 10.5. The van der Waals surface area contributed by atoms with E-state index in [1.165, 1.54) is 16.7 Å². The number of nitrogens with two attached hydrogens (primary N) is 1. The van der Waals surface area contributed by atoms with Gasteiger partial charge in [0.1, 0.15) is 0 Å². The van der Waals surface area contributed by atoms with Crippen LogP contribution in [-0.2, 0) is 19.4 Å². The van der Waals surface area contributed by atoms with Crippen LogP contribution in [0, 0.1) is 0 Å². The molecule has 2 rings (SSSR count). The molecule has 0 radical (unpaired) electrons. The van der Waals surface area contributed by atoms with E-state index < -0.39 is 0 Å². The minimum Gasteiger partial charge on any atom is -0.326 e. The molecule has 0 aliphatic heterocycles. The highest BCUT2D eigenvalue weighted by atomic mass is 79.9. The molecule has 0 saturated heterocycles. The molecule has 0 heterocycles.